The highest BCUT2D eigenvalue weighted by atomic mass is 35.5. The first-order valence-electron chi connectivity index (χ1n) is 7.01. The molecule has 4 nitrogen and oxygen atoms in total. The van der Waals surface area contributed by atoms with Gasteiger partial charge < -0.3 is 14.4 Å². The van der Waals surface area contributed by atoms with Crippen molar-refractivity contribution < 1.29 is 9.84 Å². The number of ether oxygens (including phenoxy) is 1. The van der Waals surface area contributed by atoms with Gasteiger partial charge >= 0.3 is 0 Å². The highest BCUT2D eigenvalue weighted by molar-refractivity contribution is 6.24. The van der Waals surface area contributed by atoms with Crippen LogP contribution in [-0.4, -0.2) is 32.4 Å². The van der Waals surface area contributed by atoms with Gasteiger partial charge in [-0.25, -0.2) is 4.98 Å². The number of aliphatic hydroxyl groups is 1. The number of alkyl halides is 1. The lowest BCUT2D eigenvalue weighted by molar-refractivity contribution is -0.0467. The Kier molecular flexibility index (Phi) is 4.34. The molecule has 116 valence electrons. The van der Waals surface area contributed by atoms with Gasteiger partial charge in [-0.3, -0.25) is 0 Å². The molecule has 2 unspecified atom stereocenters. The van der Waals surface area contributed by atoms with Crippen molar-refractivity contribution >= 4 is 11.6 Å². The number of imidazole rings is 1. The Hall–Kier alpha value is -1.10. The second kappa shape index (κ2) is 5.59. The van der Waals surface area contributed by atoms with Gasteiger partial charge in [-0.2, -0.15) is 0 Å². The summed E-state index contributed by atoms with van der Waals surface area (Å²) in [6, 6.07) is 0. The zero-order chi connectivity index (χ0) is 15.7. The third-order valence-corrected chi connectivity index (χ3v) is 4.57. The average molecular weight is 311 g/mol. The van der Waals surface area contributed by atoms with E-state index in [1.165, 1.54) is 0 Å². The van der Waals surface area contributed by atoms with Crippen molar-refractivity contribution in [1.82, 2.24) is 9.55 Å². The Morgan fingerprint density at radius 2 is 2.19 bits per heavy atom. The molecule has 21 heavy (non-hydrogen) atoms. The number of allylic oxidation sites excluding steroid dienone is 2. The van der Waals surface area contributed by atoms with E-state index >= 15 is 0 Å². The molecular weight excluding hydrogens is 288 g/mol. The van der Waals surface area contributed by atoms with Crippen LogP contribution in [-0.2, 0) is 11.3 Å². The third-order valence-electron chi connectivity index (χ3n) is 4.16. The molecule has 5 heteroatoms. The standard InChI is InChI=1S/C16H23ClN2O2/c1-14(2,3)16(20,11-19-9-8-18-12-19)13-6-5-7-15(17,10-13)21-4/h5-9,12,20H,10-11H2,1-4H3. The van der Waals surface area contributed by atoms with Crippen LogP contribution in [0.15, 0.2) is 42.5 Å². The summed E-state index contributed by atoms with van der Waals surface area (Å²) in [6.45, 7) is 6.48. The molecule has 1 aliphatic rings. The van der Waals surface area contributed by atoms with E-state index in [2.05, 4.69) is 4.98 Å². The molecule has 0 saturated carbocycles. The first kappa shape index (κ1) is 16.3. The van der Waals surface area contributed by atoms with Gasteiger partial charge in [0.2, 0.25) is 0 Å². The van der Waals surface area contributed by atoms with Crippen LogP contribution < -0.4 is 0 Å². The quantitative estimate of drug-likeness (QED) is 0.869. The molecule has 0 aliphatic heterocycles. The largest absolute Gasteiger partial charge is 0.383 e. The van der Waals surface area contributed by atoms with E-state index in [9.17, 15) is 5.11 Å². The minimum atomic E-state index is -1.04. The molecule has 0 saturated heterocycles. The van der Waals surface area contributed by atoms with Gasteiger partial charge in [0.15, 0.2) is 5.06 Å². The van der Waals surface area contributed by atoms with E-state index in [1.807, 2.05) is 43.7 Å². The Balaban J connectivity index is 2.37. The van der Waals surface area contributed by atoms with E-state index in [-0.39, 0.29) is 5.41 Å². The van der Waals surface area contributed by atoms with Crippen molar-refractivity contribution in [3.63, 3.8) is 0 Å². The van der Waals surface area contributed by atoms with Gasteiger partial charge in [-0.1, -0.05) is 44.5 Å². The van der Waals surface area contributed by atoms with Crippen LogP contribution in [0.2, 0.25) is 0 Å². The van der Waals surface area contributed by atoms with Gasteiger partial charge in [0.25, 0.3) is 0 Å². The van der Waals surface area contributed by atoms with E-state index in [0.717, 1.165) is 5.57 Å². The molecule has 0 spiro atoms. The van der Waals surface area contributed by atoms with Crippen LogP contribution >= 0.6 is 11.6 Å². The average Bonchev–Trinajstić information content (AvgIpc) is 2.90. The summed E-state index contributed by atoms with van der Waals surface area (Å²) in [4.78, 5) is 4.05. The van der Waals surface area contributed by atoms with Gasteiger partial charge in [0.1, 0.15) is 5.60 Å². The van der Waals surface area contributed by atoms with Crippen molar-refractivity contribution in [3.8, 4) is 0 Å². The summed E-state index contributed by atoms with van der Waals surface area (Å²) < 4.78 is 7.24. The number of methoxy groups -OCH3 is 1. The molecule has 0 amide bonds. The van der Waals surface area contributed by atoms with Crippen LogP contribution in [0.1, 0.15) is 27.2 Å². The predicted molar refractivity (Wildman–Crippen MR) is 84.1 cm³/mol. The molecule has 2 atom stereocenters. The molecule has 0 fully saturated rings. The fraction of sp³-hybridized carbons (Fsp3) is 0.562. The Labute approximate surface area is 131 Å². The number of rotatable bonds is 4. The fourth-order valence-corrected chi connectivity index (χ4v) is 2.79. The Morgan fingerprint density at radius 1 is 1.48 bits per heavy atom. The second-order valence-electron chi connectivity index (χ2n) is 6.56. The first-order chi connectivity index (χ1) is 9.70. The van der Waals surface area contributed by atoms with Crippen LogP contribution in [0, 0.1) is 5.41 Å². The molecule has 1 aromatic heterocycles. The highest BCUT2D eigenvalue weighted by Crippen LogP contribution is 2.44. The summed E-state index contributed by atoms with van der Waals surface area (Å²) in [5.41, 5.74) is -0.542. The van der Waals surface area contributed by atoms with E-state index < -0.39 is 10.7 Å². The first-order valence-corrected chi connectivity index (χ1v) is 7.39. The molecule has 1 aromatic rings. The van der Waals surface area contributed by atoms with Gasteiger partial charge in [0.05, 0.1) is 12.9 Å². The van der Waals surface area contributed by atoms with Crippen LogP contribution in [0.4, 0.5) is 0 Å². The Bertz CT molecular complexity index is 545. The molecule has 1 heterocycles. The minimum Gasteiger partial charge on any atom is -0.383 e. The normalized spacial score (nSPS) is 25.5. The van der Waals surface area contributed by atoms with Crippen molar-refractivity contribution in [2.75, 3.05) is 7.11 Å². The molecule has 1 N–H and O–H groups in total. The van der Waals surface area contributed by atoms with Crippen molar-refractivity contribution in [1.29, 1.82) is 0 Å². The summed E-state index contributed by atoms with van der Waals surface area (Å²) in [5.74, 6) is 0. The number of nitrogens with zero attached hydrogens (tertiary/aromatic N) is 2. The molecule has 2 rings (SSSR count). The maximum atomic E-state index is 11.4. The summed E-state index contributed by atoms with van der Waals surface area (Å²) in [6.07, 6.45) is 11.3. The molecule has 0 radical (unpaired) electrons. The highest BCUT2D eigenvalue weighted by Gasteiger charge is 2.46. The van der Waals surface area contributed by atoms with Crippen LogP contribution in [0.3, 0.4) is 0 Å². The Morgan fingerprint density at radius 3 is 2.71 bits per heavy atom. The lowest BCUT2D eigenvalue weighted by Gasteiger charge is -2.44. The zero-order valence-electron chi connectivity index (χ0n) is 13.0. The van der Waals surface area contributed by atoms with Crippen molar-refractivity contribution in [2.24, 2.45) is 5.41 Å². The third kappa shape index (κ3) is 3.23. The summed E-state index contributed by atoms with van der Waals surface area (Å²) in [7, 11) is 1.58. The SMILES string of the molecule is COC1(Cl)C=CC=C(C(O)(Cn2ccnc2)C(C)(C)C)C1. The fourth-order valence-electron chi connectivity index (χ4n) is 2.57. The van der Waals surface area contributed by atoms with E-state index in [4.69, 9.17) is 16.3 Å². The zero-order valence-corrected chi connectivity index (χ0v) is 13.8. The molecule has 1 aliphatic carbocycles. The lowest BCUT2D eigenvalue weighted by Crippen LogP contribution is -2.49. The second-order valence-corrected chi connectivity index (χ2v) is 7.20. The molecular formula is C16H23ClN2O2. The topological polar surface area (TPSA) is 47.3 Å². The maximum absolute atomic E-state index is 11.4. The van der Waals surface area contributed by atoms with Crippen molar-refractivity contribution in [3.05, 3.63) is 42.5 Å². The van der Waals surface area contributed by atoms with Gasteiger partial charge in [-0.15, -0.1) is 0 Å². The minimum absolute atomic E-state index is 0.361. The number of hydrogen-bond acceptors (Lipinski definition) is 3. The lowest BCUT2D eigenvalue weighted by atomic mass is 9.69. The van der Waals surface area contributed by atoms with Gasteiger partial charge in [-0.05, 0) is 17.1 Å². The van der Waals surface area contributed by atoms with Crippen LogP contribution in [0.25, 0.3) is 0 Å². The van der Waals surface area contributed by atoms with E-state index in [1.54, 1.807) is 25.7 Å². The summed E-state index contributed by atoms with van der Waals surface area (Å²) >= 11 is 6.41. The number of halogens is 1. The maximum Gasteiger partial charge on any atom is 0.164 e. The smallest absolute Gasteiger partial charge is 0.164 e. The molecule has 0 bridgehead atoms. The predicted octanol–water partition coefficient (Wildman–Crippen LogP) is 3.13. The monoisotopic (exact) mass is 310 g/mol. The van der Waals surface area contributed by atoms with Gasteiger partial charge in [0, 0.05) is 25.9 Å². The number of aromatic nitrogens is 2. The van der Waals surface area contributed by atoms with Crippen LogP contribution in [0.5, 0.6) is 0 Å². The number of hydrogen-bond donors (Lipinski definition) is 1. The van der Waals surface area contributed by atoms with Crippen molar-refractivity contribution in [2.45, 2.75) is 44.4 Å². The summed E-state index contributed by atoms with van der Waals surface area (Å²) in [5, 5.41) is 10.5. The van der Waals surface area contributed by atoms with E-state index in [0.29, 0.717) is 13.0 Å². The molecule has 0 aromatic carbocycles.